The van der Waals surface area contributed by atoms with E-state index in [0.717, 1.165) is 18.0 Å². The lowest BCUT2D eigenvalue weighted by molar-refractivity contribution is 0.597. The standard InChI is InChI=1S/C15H24ClN3O2S.HI/c1-3-17-15(19-11-12-22(20,21)4-2)18-10-9-13-5-7-14(16)8-6-13;/h5-8H,3-4,9-12H2,1-2H3,(H2,17,18,19);1H. The number of hydrogen-bond donors (Lipinski definition) is 2. The Morgan fingerprint density at radius 1 is 1.17 bits per heavy atom. The van der Waals surface area contributed by atoms with Crippen molar-refractivity contribution in [3.05, 3.63) is 34.9 Å². The summed E-state index contributed by atoms with van der Waals surface area (Å²) in [4.78, 5) is 4.29. The second-order valence-electron chi connectivity index (χ2n) is 4.80. The van der Waals surface area contributed by atoms with Crippen molar-refractivity contribution < 1.29 is 8.42 Å². The van der Waals surface area contributed by atoms with E-state index in [1.54, 1.807) is 6.92 Å². The van der Waals surface area contributed by atoms with Crippen LogP contribution in [-0.4, -0.2) is 45.5 Å². The third kappa shape index (κ3) is 10.0. The van der Waals surface area contributed by atoms with Gasteiger partial charge in [0.25, 0.3) is 0 Å². The maximum atomic E-state index is 11.4. The smallest absolute Gasteiger partial charge is 0.191 e. The van der Waals surface area contributed by atoms with Gasteiger partial charge in [0.1, 0.15) is 0 Å². The zero-order valence-electron chi connectivity index (χ0n) is 13.5. The second kappa shape index (κ2) is 11.9. The molecule has 0 aromatic heterocycles. The Hall–Kier alpha value is -0.540. The van der Waals surface area contributed by atoms with Crippen LogP contribution in [0.3, 0.4) is 0 Å². The Morgan fingerprint density at radius 3 is 2.39 bits per heavy atom. The number of aliphatic imine (C=N–C) groups is 1. The molecule has 5 nitrogen and oxygen atoms in total. The number of guanidine groups is 1. The summed E-state index contributed by atoms with van der Waals surface area (Å²) in [6, 6.07) is 7.71. The summed E-state index contributed by atoms with van der Waals surface area (Å²) < 4.78 is 22.9. The van der Waals surface area contributed by atoms with Gasteiger partial charge < -0.3 is 10.6 Å². The number of sulfone groups is 1. The first-order valence-corrected chi connectivity index (χ1v) is 9.64. The van der Waals surface area contributed by atoms with Gasteiger partial charge in [-0.3, -0.25) is 4.99 Å². The van der Waals surface area contributed by atoms with E-state index >= 15 is 0 Å². The van der Waals surface area contributed by atoms with Gasteiger partial charge in [-0.25, -0.2) is 8.42 Å². The molecule has 0 aliphatic heterocycles. The Morgan fingerprint density at radius 2 is 1.83 bits per heavy atom. The van der Waals surface area contributed by atoms with Crippen LogP contribution >= 0.6 is 35.6 Å². The molecule has 8 heteroatoms. The SMILES string of the molecule is CCNC(=NCCS(=O)(=O)CC)NCCc1ccc(Cl)cc1.I. The van der Waals surface area contributed by atoms with Crippen LogP contribution in [0.25, 0.3) is 0 Å². The lowest BCUT2D eigenvalue weighted by Gasteiger charge is -2.11. The van der Waals surface area contributed by atoms with E-state index in [1.165, 1.54) is 5.56 Å². The molecule has 0 spiro atoms. The molecule has 132 valence electrons. The number of rotatable bonds is 8. The van der Waals surface area contributed by atoms with Crippen molar-refractivity contribution in [3.63, 3.8) is 0 Å². The van der Waals surface area contributed by atoms with E-state index < -0.39 is 9.84 Å². The zero-order chi connectivity index (χ0) is 16.4. The van der Waals surface area contributed by atoms with Crippen molar-refractivity contribution >= 4 is 51.4 Å². The van der Waals surface area contributed by atoms with Gasteiger partial charge in [-0.1, -0.05) is 30.7 Å². The van der Waals surface area contributed by atoms with Crippen molar-refractivity contribution in [1.82, 2.24) is 10.6 Å². The Bertz CT molecular complexity index is 577. The van der Waals surface area contributed by atoms with Gasteiger partial charge in [-0.2, -0.15) is 0 Å². The van der Waals surface area contributed by atoms with Crippen molar-refractivity contribution in [1.29, 1.82) is 0 Å². The first kappa shape index (κ1) is 22.5. The van der Waals surface area contributed by atoms with Gasteiger partial charge in [0, 0.05) is 23.9 Å². The summed E-state index contributed by atoms with van der Waals surface area (Å²) in [5.74, 6) is 0.878. The Kier molecular flexibility index (Phi) is 11.6. The molecule has 0 aliphatic carbocycles. The molecule has 0 fully saturated rings. The summed E-state index contributed by atoms with van der Waals surface area (Å²) >= 11 is 5.85. The number of nitrogens with zero attached hydrogens (tertiary/aromatic N) is 1. The van der Waals surface area contributed by atoms with Gasteiger partial charge in [0.05, 0.1) is 12.3 Å². The first-order chi connectivity index (χ1) is 10.5. The first-order valence-electron chi connectivity index (χ1n) is 7.44. The fraction of sp³-hybridized carbons (Fsp3) is 0.533. The van der Waals surface area contributed by atoms with E-state index in [1.807, 2.05) is 31.2 Å². The second-order valence-corrected chi connectivity index (χ2v) is 7.71. The van der Waals surface area contributed by atoms with E-state index in [0.29, 0.717) is 12.5 Å². The molecule has 0 unspecified atom stereocenters. The lowest BCUT2D eigenvalue weighted by atomic mass is 10.1. The van der Waals surface area contributed by atoms with Gasteiger partial charge in [0.2, 0.25) is 0 Å². The van der Waals surface area contributed by atoms with Crippen LogP contribution in [0.2, 0.25) is 5.02 Å². The fourth-order valence-electron chi connectivity index (χ4n) is 1.76. The van der Waals surface area contributed by atoms with E-state index in [4.69, 9.17) is 11.6 Å². The summed E-state index contributed by atoms with van der Waals surface area (Å²) in [6.45, 7) is 5.33. The molecule has 0 amide bonds. The third-order valence-corrected chi connectivity index (χ3v) is 5.01. The predicted octanol–water partition coefficient (Wildman–Crippen LogP) is 2.49. The molecule has 0 saturated carbocycles. The molecule has 0 bridgehead atoms. The quantitative estimate of drug-likeness (QED) is 0.346. The largest absolute Gasteiger partial charge is 0.357 e. The van der Waals surface area contributed by atoms with E-state index in [9.17, 15) is 8.42 Å². The molecule has 0 heterocycles. The van der Waals surface area contributed by atoms with Crippen LogP contribution in [0.1, 0.15) is 19.4 Å². The maximum Gasteiger partial charge on any atom is 0.191 e. The minimum absolute atomic E-state index is 0. The molecule has 23 heavy (non-hydrogen) atoms. The summed E-state index contributed by atoms with van der Waals surface area (Å²) in [6.07, 6.45) is 0.842. The van der Waals surface area contributed by atoms with E-state index in [-0.39, 0.29) is 42.0 Å². The van der Waals surface area contributed by atoms with E-state index in [2.05, 4.69) is 15.6 Å². The van der Waals surface area contributed by atoms with Crippen LogP contribution in [0, 0.1) is 0 Å². The third-order valence-electron chi connectivity index (χ3n) is 3.08. The number of halogens is 2. The number of benzene rings is 1. The highest BCUT2D eigenvalue weighted by Crippen LogP contribution is 2.09. The van der Waals surface area contributed by atoms with Gasteiger partial charge >= 0.3 is 0 Å². The molecule has 0 saturated heterocycles. The molecular formula is C15H25ClIN3O2S. The highest BCUT2D eigenvalue weighted by molar-refractivity contribution is 14.0. The molecule has 1 rings (SSSR count). The number of hydrogen-bond acceptors (Lipinski definition) is 3. The Balaban J connectivity index is 0.00000484. The molecule has 0 atom stereocenters. The average Bonchev–Trinajstić information content (AvgIpc) is 2.49. The van der Waals surface area contributed by atoms with Crippen LogP contribution < -0.4 is 10.6 Å². The van der Waals surface area contributed by atoms with Crippen LogP contribution in [0.4, 0.5) is 0 Å². The van der Waals surface area contributed by atoms with Crippen LogP contribution in [0.5, 0.6) is 0 Å². The van der Waals surface area contributed by atoms with Gasteiger partial charge in [0.15, 0.2) is 15.8 Å². The molecule has 1 aromatic rings. The topological polar surface area (TPSA) is 70.6 Å². The van der Waals surface area contributed by atoms with Crippen LogP contribution in [0.15, 0.2) is 29.3 Å². The average molecular weight is 474 g/mol. The minimum atomic E-state index is -2.97. The summed E-state index contributed by atoms with van der Waals surface area (Å²) in [5, 5.41) is 7.03. The minimum Gasteiger partial charge on any atom is -0.357 e. The predicted molar refractivity (Wildman–Crippen MR) is 109 cm³/mol. The molecule has 0 radical (unpaired) electrons. The lowest BCUT2D eigenvalue weighted by Crippen LogP contribution is -2.38. The highest BCUT2D eigenvalue weighted by atomic mass is 127. The highest BCUT2D eigenvalue weighted by Gasteiger charge is 2.06. The van der Waals surface area contributed by atoms with Crippen molar-refractivity contribution in [2.75, 3.05) is 31.1 Å². The summed E-state index contributed by atoms with van der Waals surface area (Å²) in [5.41, 5.74) is 1.18. The summed E-state index contributed by atoms with van der Waals surface area (Å²) in [7, 11) is -2.97. The van der Waals surface area contributed by atoms with Crippen molar-refractivity contribution in [2.45, 2.75) is 20.3 Å². The monoisotopic (exact) mass is 473 g/mol. The zero-order valence-corrected chi connectivity index (χ0v) is 17.4. The maximum absolute atomic E-state index is 11.4. The van der Waals surface area contributed by atoms with Crippen LogP contribution in [-0.2, 0) is 16.3 Å². The normalized spacial score (nSPS) is 11.7. The molecule has 1 aromatic carbocycles. The van der Waals surface area contributed by atoms with Gasteiger partial charge in [-0.15, -0.1) is 24.0 Å². The molecule has 2 N–H and O–H groups in total. The Labute approximate surface area is 161 Å². The van der Waals surface area contributed by atoms with Crippen molar-refractivity contribution in [3.8, 4) is 0 Å². The fourth-order valence-corrected chi connectivity index (χ4v) is 2.54. The molecular weight excluding hydrogens is 449 g/mol. The van der Waals surface area contributed by atoms with Crippen molar-refractivity contribution in [2.24, 2.45) is 4.99 Å². The number of nitrogens with one attached hydrogen (secondary N) is 2. The molecule has 0 aliphatic rings. The van der Waals surface area contributed by atoms with Gasteiger partial charge in [-0.05, 0) is 31.0 Å².